The fourth-order valence-electron chi connectivity index (χ4n) is 7.03. The van der Waals surface area contributed by atoms with Gasteiger partial charge in [0, 0.05) is 23.7 Å². The molecule has 0 heterocycles. The molecule has 8 atom stereocenters. The molecule has 4 heteroatoms. The van der Waals surface area contributed by atoms with Gasteiger partial charge in [-0.1, -0.05) is 13.8 Å². The van der Waals surface area contributed by atoms with Crippen molar-refractivity contribution in [2.24, 2.45) is 28.6 Å². The number of ketones is 1. The lowest BCUT2D eigenvalue weighted by Gasteiger charge is -2.64. The second-order valence-electron chi connectivity index (χ2n) is 9.28. The summed E-state index contributed by atoms with van der Waals surface area (Å²) in [6.45, 7) is 4.25. The Morgan fingerprint density at radius 1 is 1.04 bits per heavy atom. The summed E-state index contributed by atoms with van der Waals surface area (Å²) < 4.78 is 0. The number of carbonyl (C=O) groups is 1. The summed E-state index contributed by atoms with van der Waals surface area (Å²) in [5.74, 6) is 1.44. The van der Waals surface area contributed by atoms with E-state index < -0.39 is 17.8 Å². The quantitative estimate of drug-likeness (QED) is 0.638. The van der Waals surface area contributed by atoms with E-state index in [9.17, 15) is 20.1 Å². The predicted octanol–water partition coefficient (Wildman–Crippen LogP) is 2.04. The molecule has 4 aliphatic rings. The smallest absolute Gasteiger partial charge is 0.139 e. The van der Waals surface area contributed by atoms with Crippen LogP contribution in [0, 0.1) is 28.6 Å². The van der Waals surface area contributed by atoms with Gasteiger partial charge in [0.25, 0.3) is 0 Å². The van der Waals surface area contributed by atoms with Crippen molar-refractivity contribution in [3.63, 3.8) is 0 Å². The van der Waals surface area contributed by atoms with Crippen LogP contribution in [0.2, 0.25) is 0 Å². The normalized spacial score (nSPS) is 59.2. The number of hydrogen-bond donors (Lipinski definition) is 3. The van der Waals surface area contributed by atoms with Crippen LogP contribution >= 0.6 is 0 Å². The Kier molecular flexibility index (Phi) is 3.35. The Morgan fingerprint density at radius 2 is 1.78 bits per heavy atom. The first-order chi connectivity index (χ1) is 10.7. The average molecular weight is 322 g/mol. The Morgan fingerprint density at radius 3 is 2.52 bits per heavy atom. The van der Waals surface area contributed by atoms with Crippen LogP contribution in [0.4, 0.5) is 0 Å². The Labute approximate surface area is 138 Å². The van der Waals surface area contributed by atoms with Gasteiger partial charge >= 0.3 is 0 Å². The molecule has 4 fully saturated rings. The molecule has 130 valence electrons. The van der Waals surface area contributed by atoms with Gasteiger partial charge in [0.15, 0.2) is 0 Å². The topological polar surface area (TPSA) is 77.8 Å². The first kappa shape index (κ1) is 16.0. The van der Waals surface area contributed by atoms with Gasteiger partial charge in [-0.25, -0.2) is 0 Å². The monoisotopic (exact) mass is 322 g/mol. The maximum atomic E-state index is 12.4. The van der Waals surface area contributed by atoms with Crippen LogP contribution in [0.5, 0.6) is 0 Å². The minimum absolute atomic E-state index is 0.207. The summed E-state index contributed by atoms with van der Waals surface area (Å²) in [5.41, 5.74) is -1.73. The molecule has 4 saturated carbocycles. The first-order valence-electron chi connectivity index (χ1n) is 9.34. The third-order valence-corrected chi connectivity index (χ3v) is 8.54. The van der Waals surface area contributed by atoms with E-state index in [4.69, 9.17) is 0 Å². The van der Waals surface area contributed by atoms with E-state index in [0.717, 1.165) is 25.7 Å². The van der Waals surface area contributed by atoms with Crippen LogP contribution in [0.3, 0.4) is 0 Å². The van der Waals surface area contributed by atoms with Crippen molar-refractivity contribution in [2.75, 3.05) is 0 Å². The van der Waals surface area contributed by atoms with E-state index >= 15 is 0 Å². The van der Waals surface area contributed by atoms with E-state index in [1.54, 1.807) is 0 Å². The van der Waals surface area contributed by atoms with E-state index in [1.165, 1.54) is 0 Å². The minimum atomic E-state index is -1.18. The maximum absolute atomic E-state index is 12.4. The molecule has 0 aromatic rings. The molecule has 4 nitrogen and oxygen atoms in total. The van der Waals surface area contributed by atoms with Gasteiger partial charge in [0.05, 0.1) is 17.8 Å². The Balaban J connectivity index is 1.72. The molecule has 4 rings (SSSR count). The molecule has 0 aromatic carbocycles. The summed E-state index contributed by atoms with van der Waals surface area (Å²) in [7, 11) is 0. The molecule has 0 saturated heterocycles. The number of hydrogen-bond acceptors (Lipinski definition) is 4. The standard InChI is InChI=1S/C19H30O4/c1-17-7-6-14-12(13(17)3-4-15(17)21)9-16(22)19(23)10-11(20)5-8-18(14,19)2/h11-14,16,20,22-23H,3-10H2,1-2H3/t11-,12+,13+,14+,16+,17-,18+,19-/m0/s1. The van der Waals surface area contributed by atoms with E-state index in [1.807, 2.05) is 0 Å². The van der Waals surface area contributed by atoms with Crippen molar-refractivity contribution in [3.8, 4) is 0 Å². The van der Waals surface area contributed by atoms with Crippen LogP contribution in [0.25, 0.3) is 0 Å². The third-order valence-electron chi connectivity index (χ3n) is 8.54. The van der Waals surface area contributed by atoms with Gasteiger partial charge in [-0.15, -0.1) is 0 Å². The Bertz CT molecular complexity index is 533. The number of aliphatic hydroxyl groups is 3. The molecule has 0 unspecified atom stereocenters. The summed E-state index contributed by atoms with van der Waals surface area (Å²) in [6.07, 6.45) is 4.54. The highest BCUT2D eigenvalue weighted by Gasteiger charge is 2.67. The summed E-state index contributed by atoms with van der Waals surface area (Å²) in [4.78, 5) is 12.4. The van der Waals surface area contributed by atoms with Crippen molar-refractivity contribution < 1.29 is 20.1 Å². The molecule has 0 aliphatic heterocycles. The second kappa shape index (κ2) is 4.80. The predicted molar refractivity (Wildman–Crippen MR) is 85.6 cm³/mol. The molecule has 4 aliphatic carbocycles. The van der Waals surface area contributed by atoms with Crippen molar-refractivity contribution in [1.29, 1.82) is 0 Å². The van der Waals surface area contributed by atoms with Crippen LogP contribution in [-0.4, -0.2) is 38.9 Å². The number of fused-ring (bicyclic) bond motifs is 5. The lowest BCUT2D eigenvalue weighted by atomic mass is 9.43. The van der Waals surface area contributed by atoms with E-state index in [-0.39, 0.29) is 17.3 Å². The molecule has 0 radical (unpaired) electrons. The lowest BCUT2D eigenvalue weighted by Crippen LogP contribution is -2.68. The number of rotatable bonds is 0. The van der Waals surface area contributed by atoms with Gasteiger partial charge in [0.1, 0.15) is 5.78 Å². The largest absolute Gasteiger partial charge is 0.393 e. The van der Waals surface area contributed by atoms with E-state index in [0.29, 0.717) is 42.8 Å². The van der Waals surface area contributed by atoms with Gasteiger partial charge < -0.3 is 15.3 Å². The van der Waals surface area contributed by atoms with Crippen molar-refractivity contribution >= 4 is 5.78 Å². The molecular weight excluding hydrogens is 292 g/mol. The van der Waals surface area contributed by atoms with Gasteiger partial charge in [-0.3, -0.25) is 4.79 Å². The average Bonchev–Trinajstić information content (AvgIpc) is 2.79. The number of Topliss-reactive ketones (excluding diaryl/α,β-unsaturated/α-hetero) is 1. The van der Waals surface area contributed by atoms with Crippen molar-refractivity contribution in [3.05, 3.63) is 0 Å². The van der Waals surface area contributed by atoms with Crippen LogP contribution in [0.1, 0.15) is 65.2 Å². The highest BCUT2D eigenvalue weighted by atomic mass is 16.3. The summed E-state index contributed by atoms with van der Waals surface area (Å²) >= 11 is 0. The highest BCUT2D eigenvalue weighted by Crippen LogP contribution is 2.66. The van der Waals surface area contributed by atoms with Crippen LogP contribution in [-0.2, 0) is 4.79 Å². The zero-order chi connectivity index (χ0) is 16.6. The maximum Gasteiger partial charge on any atom is 0.139 e. The number of aliphatic hydroxyl groups excluding tert-OH is 2. The highest BCUT2D eigenvalue weighted by molar-refractivity contribution is 5.87. The summed E-state index contributed by atoms with van der Waals surface area (Å²) in [5, 5.41) is 32.2. The minimum Gasteiger partial charge on any atom is -0.393 e. The summed E-state index contributed by atoms with van der Waals surface area (Å²) in [6, 6.07) is 0. The van der Waals surface area contributed by atoms with Crippen molar-refractivity contribution in [2.45, 2.75) is 83.0 Å². The molecule has 23 heavy (non-hydrogen) atoms. The fraction of sp³-hybridized carbons (Fsp3) is 0.947. The molecular formula is C19H30O4. The van der Waals surface area contributed by atoms with Gasteiger partial charge in [-0.05, 0) is 56.3 Å². The fourth-order valence-corrected chi connectivity index (χ4v) is 7.03. The van der Waals surface area contributed by atoms with E-state index in [2.05, 4.69) is 13.8 Å². The van der Waals surface area contributed by atoms with Gasteiger partial charge in [0.2, 0.25) is 0 Å². The lowest BCUT2D eigenvalue weighted by molar-refractivity contribution is -0.262. The number of carbonyl (C=O) groups excluding carboxylic acids is 1. The zero-order valence-corrected chi connectivity index (χ0v) is 14.3. The molecule has 0 bridgehead atoms. The van der Waals surface area contributed by atoms with Crippen molar-refractivity contribution in [1.82, 2.24) is 0 Å². The zero-order valence-electron chi connectivity index (χ0n) is 14.3. The van der Waals surface area contributed by atoms with Crippen LogP contribution < -0.4 is 0 Å². The first-order valence-corrected chi connectivity index (χ1v) is 9.34. The molecule has 3 N–H and O–H groups in total. The second-order valence-corrected chi connectivity index (χ2v) is 9.28. The Hall–Kier alpha value is -0.450. The molecule has 0 aromatic heterocycles. The van der Waals surface area contributed by atoms with Gasteiger partial charge in [-0.2, -0.15) is 0 Å². The molecule has 0 amide bonds. The van der Waals surface area contributed by atoms with Crippen LogP contribution in [0.15, 0.2) is 0 Å². The SMILES string of the molecule is C[C@]12CC[C@@H]3[C@H](C[C@@H](O)[C@@]4(O)C[C@@H](O)CC[C@]34C)[C@H]1CCC2=O. The molecule has 0 spiro atoms. The third kappa shape index (κ3) is 1.86.